The van der Waals surface area contributed by atoms with Crippen LogP contribution in [0, 0.1) is 59.2 Å². The fraction of sp³-hybridized carbons (Fsp3) is 1.00. The summed E-state index contributed by atoms with van der Waals surface area (Å²) >= 11 is 12.3. The fourth-order valence-corrected chi connectivity index (χ4v) is 23.0. The van der Waals surface area contributed by atoms with Crippen LogP contribution in [0.15, 0.2) is 0 Å². The van der Waals surface area contributed by atoms with Crippen LogP contribution in [0.1, 0.15) is 183 Å². The van der Waals surface area contributed by atoms with E-state index in [0.29, 0.717) is 0 Å². The molecule has 0 radical (unpaired) electrons. The monoisotopic (exact) mass is 792 g/mol. The zero-order valence-electron chi connectivity index (χ0n) is 34.0. The van der Waals surface area contributed by atoms with E-state index in [1.165, 1.54) is 89.9 Å². The summed E-state index contributed by atoms with van der Waals surface area (Å²) in [4.78, 5) is 0. The summed E-state index contributed by atoms with van der Waals surface area (Å²) < 4.78 is 1.82. The number of thioether (sulfide) groups is 5. The molecule has 0 amide bonds. The SMILES string of the molecule is CCCC(C)CCC1CCC(SC2CCC3CC(C4SC5CC6CC(SC7CC[C@H](CCC(C)CCC)S7)CCC6CC5C4C)C(C)CC3C2)S1. The highest BCUT2D eigenvalue weighted by atomic mass is 32.2. The molecule has 0 aromatic heterocycles. The lowest BCUT2D eigenvalue weighted by Crippen LogP contribution is -2.41. The molecule has 7 rings (SSSR count). The molecule has 51 heavy (non-hydrogen) atoms. The van der Waals surface area contributed by atoms with Crippen molar-refractivity contribution in [3.63, 3.8) is 0 Å². The van der Waals surface area contributed by atoms with Crippen LogP contribution in [0.2, 0.25) is 0 Å². The Morgan fingerprint density at radius 2 is 1.06 bits per heavy atom. The van der Waals surface area contributed by atoms with Crippen molar-refractivity contribution in [2.75, 3.05) is 0 Å². The van der Waals surface area contributed by atoms with Gasteiger partial charge in [-0.1, -0.05) is 67.2 Å². The summed E-state index contributed by atoms with van der Waals surface area (Å²) in [5.74, 6) is 10.0. The van der Waals surface area contributed by atoms with Gasteiger partial charge >= 0.3 is 0 Å². The minimum Gasteiger partial charge on any atom is -0.154 e. The lowest BCUT2D eigenvalue weighted by atomic mass is 9.60. The zero-order valence-corrected chi connectivity index (χ0v) is 38.1. The summed E-state index contributed by atoms with van der Waals surface area (Å²) in [7, 11) is 0. The maximum atomic E-state index is 2.74. The van der Waals surface area contributed by atoms with Crippen molar-refractivity contribution >= 4 is 58.8 Å². The molecule has 3 saturated heterocycles. The first-order chi connectivity index (χ1) is 24.8. The number of rotatable bonds is 15. The van der Waals surface area contributed by atoms with E-state index in [-0.39, 0.29) is 0 Å². The number of fused-ring (bicyclic) bond motifs is 3. The van der Waals surface area contributed by atoms with Crippen molar-refractivity contribution in [1.29, 1.82) is 0 Å². The second-order valence-corrected chi connectivity index (χ2v) is 28.0. The molecule has 0 N–H and O–H groups in total. The molecule has 7 fully saturated rings. The van der Waals surface area contributed by atoms with E-state index in [2.05, 4.69) is 100 Å². The Balaban J connectivity index is 0.839. The summed E-state index contributed by atoms with van der Waals surface area (Å²) in [6, 6.07) is 0. The minimum absolute atomic E-state index is 0.909. The molecule has 7 aliphatic rings. The van der Waals surface area contributed by atoms with Gasteiger partial charge in [0.15, 0.2) is 0 Å². The third-order valence-corrected chi connectivity index (χ3v) is 24.9. The van der Waals surface area contributed by atoms with Crippen LogP contribution >= 0.6 is 58.8 Å². The molecule has 0 aromatic carbocycles. The summed E-state index contributed by atoms with van der Waals surface area (Å²) in [5.41, 5.74) is 0. The summed E-state index contributed by atoms with van der Waals surface area (Å²) in [5, 5.41) is 5.81. The highest BCUT2D eigenvalue weighted by Gasteiger charge is 2.53. The van der Waals surface area contributed by atoms with E-state index < -0.39 is 0 Å². The Kier molecular flexibility index (Phi) is 15.6. The second kappa shape index (κ2) is 19.5. The molecule has 0 nitrogen and oxygen atoms in total. The molecule has 4 aliphatic carbocycles. The summed E-state index contributed by atoms with van der Waals surface area (Å²) in [6.45, 7) is 15.1. The van der Waals surface area contributed by atoms with Crippen LogP contribution in [0.4, 0.5) is 0 Å². The first-order valence-electron chi connectivity index (χ1n) is 23.0. The van der Waals surface area contributed by atoms with E-state index in [1.54, 1.807) is 51.4 Å². The zero-order chi connectivity index (χ0) is 35.5. The van der Waals surface area contributed by atoms with Gasteiger partial charge in [-0.2, -0.15) is 11.8 Å². The van der Waals surface area contributed by atoms with Crippen molar-refractivity contribution in [2.24, 2.45) is 59.2 Å². The Labute approximate surface area is 339 Å². The molecule has 17 unspecified atom stereocenters. The van der Waals surface area contributed by atoms with Gasteiger partial charge in [0, 0.05) is 31.5 Å². The van der Waals surface area contributed by atoms with Crippen molar-refractivity contribution in [3.05, 3.63) is 0 Å². The third kappa shape index (κ3) is 10.6. The van der Waals surface area contributed by atoms with Crippen LogP contribution in [0.3, 0.4) is 0 Å². The van der Waals surface area contributed by atoms with Crippen LogP contribution in [0.5, 0.6) is 0 Å². The van der Waals surface area contributed by atoms with Crippen molar-refractivity contribution in [2.45, 2.75) is 223 Å². The predicted octanol–water partition coefficient (Wildman–Crippen LogP) is 15.5. The lowest BCUT2D eigenvalue weighted by Gasteiger charge is -2.47. The molecule has 294 valence electrons. The van der Waals surface area contributed by atoms with Gasteiger partial charge < -0.3 is 0 Å². The van der Waals surface area contributed by atoms with Gasteiger partial charge in [-0.15, -0.1) is 47.0 Å². The van der Waals surface area contributed by atoms with Crippen LogP contribution in [-0.4, -0.2) is 40.7 Å². The predicted molar refractivity (Wildman–Crippen MR) is 239 cm³/mol. The van der Waals surface area contributed by atoms with E-state index in [0.717, 1.165) is 99.8 Å². The summed E-state index contributed by atoms with van der Waals surface area (Å²) in [6.07, 6.45) is 33.1. The quantitative estimate of drug-likeness (QED) is 0.161. The second-order valence-electron chi connectivity index (χ2n) is 19.9. The van der Waals surface area contributed by atoms with Crippen molar-refractivity contribution < 1.29 is 0 Å². The van der Waals surface area contributed by atoms with Crippen molar-refractivity contribution in [1.82, 2.24) is 0 Å². The van der Waals surface area contributed by atoms with Gasteiger partial charge in [0.25, 0.3) is 0 Å². The maximum Gasteiger partial charge on any atom is 0.0508 e. The fourth-order valence-electron chi connectivity index (χ4n) is 13.1. The van der Waals surface area contributed by atoms with E-state index >= 15 is 0 Å². The van der Waals surface area contributed by atoms with Gasteiger partial charge in [0.2, 0.25) is 0 Å². The van der Waals surface area contributed by atoms with Crippen molar-refractivity contribution in [3.8, 4) is 0 Å². The Morgan fingerprint density at radius 1 is 0.529 bits per heavy atom. The molecule has 3 aliphatic heterocycles. The lowest BCUT2D eigenvalue weighted by molar-refractivity contribution is 0.0678. The van der Waals surface area contributed by atoms with Crippen LogP contribution in [0.25, 0.3) is 0 Å². The maximum absolute atomic E-state index is 2.74. The van der Waals surface area contributed by atoms with Gasteiger partial charge in [0.05, 0.1) is 9.16 Å². The van der Waals surface area contributed by atoms with Crippen LogP contribution in [-0.2, 0) is 0 Å². The molecular weight excluding hydrogens is 713 g/mol. The smallest absolute Gasteiger partial charge is 0.0508 e. The first-order valence-corrected chi connectivity index (χ1v) is 27.7. The molecule has 4 saturated carbocycles. The Morgan fingerprint density at radius 3 is 1.61 bits per heavy atom. The molecule has 5 heteroatoms. The van der Waals surface area contributed by atoms with Gasteiger partial charge in [-0.05, 0) is 175 Å². The van der Waals surface area contributed by atoms with E-state index in [9.17, 15) is 0 Å². The number of hydrogen-bond acceptors (Lipinski definition) is 5. The molecule has 0 bridgehead atoms. The average molecular weight is 793 g/mol. The first kappa shape index (κ1) is 40.9. The highest BCUT2D eigenvalue weighted by molar-refractivity contribution is 8.18. The molecular formula is C46H80S5. The minimum atomic E-state index is 0.909. The standard InChI is InChI=1S/C46H80S5/c1-7-9-29(3)11-15-37-19-21-44(47-37)49-39-17-13-33-26-41(31(5)23-35(33)24-39)46-32(6)42-27-34-14-18-40(25-36(34)28-43(42)51-46)50-45-22-20-38(48-45)16-12-30(4)10-8-2/h29-46H,7-28H2,1-6H3/t29?,30?,31?,32?,33?,34?,35?,36?,37?,38-,39?,40?,41?,42?,43?,44?,45?,46?/m0/s1. The largest absolute Gasteiger partial charge is 0.154 e. The molecule has 0 aromatic rings. The van der Waals surface area contributed by atoms with E-state index in [1.807, 2.05) is 0 Å². The topological polar surface area (TPSA) is 0 Å². The molecule has 0 spiro atoms. The van der Waals surface area contributed by atoms with Crippen LogP contribution < -0.4 is 0 Å². The molecule has 3 heterocycles. The third-order valence-electron chi connectivity index (χ3n) is 16.1. The van der Waals surface area contributed by atoms with Gasteiger partial charge in [0.1, 0.15) is 0 Å². The normalized spacial score (nSPS) is 46.7. The number of hydrogen-bond donors (Lipinski definition) is 0. The van der Waals surface area contributed by atoms with Gasteiger partial charge in [-0.25, -0.2) is 0 Å². The Bertz CT molecular complexity index is 1050. The van der Waals surface area contributed by atoms with E-state index in [4.69, 9.17) is 0 Å². The highest BCUT2D eigenvalue weighted by Crippen LogP contribution is 2.61. The average Bonchev–Trinajstić information content (AvgIpc) is 3.84. The van der Waals surface area contributed by atoms with Gasteiger partial charge in [-0.3, -0.25) is 0 Å². The Hall–Kier alpha value is 1.75. The molecule has 18 atom stereocenters.